The SMILES string of the molecule is CC(=O)C1CC(c2ccccc2Br)C1. The molecule has 1 aromatic rings. The molecule has 1 aliphatic rings. The number of carbonyl (C=O) groups excluding carboxylic acids is 1. The van der Waals surface area contributed by atoms with Crippen molar-refractivity contribution in [2.45, 2.75) is 25.7 Å². The first-order valence-electron chi connectivity index (χ1n) is 4.93. The summed E-state index contributed by atoms with van der Waals surface area (Å²) >= 11 is 3.54. The molecule has 1 aromatic carbocycles. The van der Waals surface area contributed by atoms with Gasteiger partial charge < -0.3 is 0 Å². The lowest BCUT2D eigenvalue weighted by molar-refractivity contribution is -0.123. The highest BCUT2D eigenvalue weighted by molar-refractivity contribution is 9.10. The quantitative estimate of drug-likeness (QED) is 0.787. The molecule has 0 saturated heterocycles. The maximum atomic E-state index is 11.1. The molecule has 74 valence electrons. The third kappa shape index (κ3) is 1.76. The predicted molar refractivity (Wildman–Crippen MR) is 60.3 cm³/mol. The molecule has 1 nitrogen and oxygen atoms in total. The van der Waals surface area contributed by atoms with Gasteiger partial charge in [0.1, 0.15) is 5.78 Å². The highest BCUT2D eigenvalue weighted by atomic mass is 79.9. The molecule has 2 heteroatoms. The molecule has 0 atom stereocenters. The van der Waals surface area contributed by atoms with E-state index >= 15 is 0 Å². The largest absolute Gasteiger partial charge is 0.300 e. The maximum Gasteiger partial charge on any atom is 0.132 e. The van der Waals surface area contributed by atoms with Crippen molar-refractivity contribution in [3.63, 3.8) is 0 Å². The normalized spacial score (nSPS) is 25.6. The van der Waals surface area contributed by atoms with Crippen LogP contribution in [-0.2, 0) is 4.79 Å². The molecular weight excluding hydrogens is 240 g/mol. The van der Waals surface area contributed by atoms with E-state index in [9.17, 15) is 4.79 Å². The number of ketones is 1. The standard InChI is InChI=1S/C12H13BrO/c1-8(14)9-6-10(7-9)11-4-2-3-5-12(11)13/h2-5,9-10H,6-7H2,1H3. The van der Waals surface area contributed by atoms with Crippen molar-refractivity contribution in [2.24, 2.45) is 5.92 Å². The number of benzene rings is 1. The van der Waals surface area contributed by atoms with Gasteiger partial charge in [-0.3, -0.25) is 4.79 Å². The summed E-state index contributed by atoms with van der Waals surface area (Å²) in [4.78, 5) is 11.1. The monoisotopic (exact) mass is 252 g/mol. The smallest absolute Gasteiger partial charge is 0.132 e. The second-order valence-electron chi connectivity index (χ2n) is 4.00. The summed E-state index contributed by atoms with van der Waals surface area (Å²) in [6, 6.07) is 8.29. The minimum atomic E-state index is 0.312. The molecule has 0 amide bonds. The summed E-state index contributed by atoms with van der Waals surface area (Å²) in [6.07, 6.45) is 2.05. The van der Waals surface area contributed by atoms with Crippen molar-refractivity contribution in [1.82, 2.24) is 0 Å². The molecule has 2 rings (SSSR count). The van der Waals surface area contributed by atoms with E-state index in [0.29, 0.717) is 17.6 Å². The highest BCUT2D eigenvalue weighted by Gasteiger charge is 2.33. The molecule has 0 N–H and O–H groups in total. The second kappa shape index (κ2) is 3.85. The number of hydrogen-bond acceptors (Lipinski definition) is 1. The molecular formula is C12H13BrO. The lowest BCUT2D eigenvalue weighted by Gasteiger charge is -2.34. The minimum Gasteiger partial charge on any atom is -0.300 e. The molecule has 14 heavy (non-hydrogen) atoms. The van der Waals surface area contributed by atoms with E-state index in [2.05, 4.69) is 34.1 Å². The summed E-state index contributed by atoms with van der Waals surface area (Å²) in [5.41, 5.74) is 1.35. The van der Waals surface area contributed by atoms with Crippen LogP contribution in [0.15, 0.2) is 28.7 Å². The maximum absolute atomic E-state index is 11.1. The molecule has 0 heterocycles. The average molecular weight is 253 g/mol. The molecule has 0 bridgehead atoms. The fourth-order valence-corrected chi connectivity index (χ4v) is 2.62. The van der Waals surface area contributed by atoms with E-state index in [0.717, 1.165) is 12.8 Å². The summed E-state index contributed by atoms with van der Waals surface area (Å²) in [6.45, 7) is 1.70. The van der Waals surface area contributed by atoms with E-state index < -0.39 is 0 Å². The Kier molecular flexibility index (Phi) is 2.73. The van der Waals surface area contributed by atoms with Gasteiger partial charge in [-0.05, 0) is 37.3 Å². The van der Waals surface area contributed by atoms with Crippen LogP contribution in [0.25, 0.3) is 0 Å². The first kappa shape index (κ1) is 9.91. The Morgan fingerprint density at radius 2 is 2.00 bits per heavy atom. The fourth-order valence-electron chi connectivity index (χ4n) is 2.01. The van der Waals surface area contributed by atoms with Gasteiger partial charge in [-0.2, -0.15) is 0 Å². The van der Waals surface area contributed by atoms with Crippen molar-refractivity contribution < 1.29 is 4.79 Å². The number of rotatable bonds is 2. The van der Waals surface area contributed by atoms with Gasteiger partial charge in [-0.1, -0.05) is 34.1 Å². The summed E-state index contributed by atoms with van der Waals surface area (Å²) in [5, 5.41) is 0. The fraction of sp³-hybridized carbons (Fsp3) is 0.417. The topological polar surface area (TPSA) is 17.1 Å². The van der Waals surface area contributed by atoms with Crippen LogP contribution in [0.1, 0.15) is 31.2 Å². The Bertz CT molecular complexity index is 353. The van der Waals surface area contributed by atoms with Gasteiger partial charge in [0.15, 0.2) is 0 Å². The van der Waals surface area contributed by atoms with Crippen molar-refractivity contribution in [3.05, 3.63) is 34.3 Å². The molecule has 0 aliphatic heterocycles. The van der Waals surface area contributed by atoms with Crippen LogP contribution in [0.3, 0.4) is 0 Å². The lowest BCUT2D eigenvalue weighted by atomic mass is 9.70. The van der Waals surface area contributed by atoms with Crippen molar-refractivity contribution >= 4 is 21.7 Å². The summed E-state index contributed by atoms with van der Waals surface area (Å²) in [5.74, 6) is 1.24. The first-order chi connectivity index (χ1) is 6.68. The molecule has 1 saturated carbocycles. The lowest BCUT2D eigenvalue weighted by Crippen LogP contribution is -2.27. The molecule has 1 aliphatic carbocycles. The zero-order valence-electron chi connectivity index (χ0n) is 8.16. The Morgan fingerprint density at radius 3 is 2.57 bits per heavy atom. The van der Waals surface area contributed by atoms with E-state index in [1.807, 2.05) is 6.07 Å². The van der Waals surface area contributed by atoms with Gasteiger partial charge >= 0.3 is 0 Å². The van der Waals surface area contributed by atoms with Gasteiger partial charge in [0.2, 0.25) is 0 Å². The van der Waals surface area contributed by atoms with E-state index in [-0.39, 0.29) is 0 Å². The Balaban J connectivity index is 2.07. The zero-order chi connectivity index (χ0) is 10.1. The molecule has 0 radical (unpaired) electrons. The van der Waals surface area contributed by atoms with Crippen molar-refractivity contribution in [2.75, 3.05) is 0 Å². The number of carbonyl (C=O) groups is 1. The van der Waals surface area contributed by atoms with Crippen LogP contribution >= 0.6 is 15.9 Å². The van der Waals surface area contributed by atoms with Crippen LogP contribution < -0.4 is 0 Å². The van der Waals surface area contributed by atoms with Crippen LogP contribution in [0.2, 0.25) is 0 Å². The Labute approximate surface area is 92.6 Å². The van der Waals surface area contributed by atoms with Gasteiger partial charge in [-0.15, -0.1) is 0 Å². The van der Waals surface area contributed by atoms with Gasteiger partial charge in [-0.25, -0.2) is 0 Å². The van der Waals surface area contributed by atoms with Crippen molar-refractivity contribution in [1.29, 1.82) is 0 Å². The highest BCUT2D eigenvalue weighted by Crippen LogP contribution is 2.44. The number of Topliss-reactive ketones (excluding diaryl/α,β-unsaturated/α-hetero) is 1. The van der Waals surface area contributed by atoms with Crippen LogP contribution in [-0.4, -0.2) is 5.78 Å². The van der Waals surface area contributed by atoms with Gasteiger partial charge in [0.05, 0.1) is 0 Å². The van der Waals surface area contributed by atoms with Gasteiger partial charge in [0, 0.05) is 10.4 Å². The third-order valence-corrected chi connectivity index (χ3v) is 3.78. The van der Waals surface area contributed by atoms with Crippen LogP contribution in [0, 0.1) is 5.92 Å². The van der Waals surface area contributed by atoms with E-state index in [1.165, 1.54) is 10.0 Å². The molecule has 0 unspecified atom stereocenters. The zero-order valence-corrected chi connectivity index (χ0v) is 9.75. The summed E-state index contributed by atoms with van der Waals surface area (Å²) in [7, 11) is 0. The second-order valence-corrected chi connectivity index (χ2v) is 4.85. The molecule has 0 aromatic heterocycles. The summed E-state index contributed by atoms with van der Waals surface area (Å²) < 4.78 is 1.17. The predicted octanol–water partition coefficient (Wildman–Crippen LogP) is 3.53. The van der Waals surface area contributed by atoms with Crippen molar-refractivity contribution in [3.8, 4) is 0 Å². The minimum absolute atomic E-state index is 0.312. The van der Waals surface area contributed by atoms with E-state index in [1.54, 1.807) is 6.92 Å². The van der Waals surface area contributed by atoms with Gasteiger partial charge in [0.25, 0.3) is 0 Å². The molecule has 0 spiro atoms. The third-order valence-electron chi connectivity index (χ3n) is 3.06. The Hall–Kier alpha value is -0.630. The first-order valence-corrected chi connectivity index (χ1v) is 5.72. The van der Waals surface area contributed by atoms with Crippen LogP contribution in [0.4, 0.5) is 0 Å². The Morgan fingerprint density at radius 1 is 1.36 bits per heavy atom. The van der Waals surface area contributed by atoms with E-state index in [4.69, 9.17) is 0 Å². The average Bonchev–Trinajstić information content (AvgIpc) is 2.05. The molecule has 1 fully saturated rings. The van der Waals surface area contributed by atoms with Crippen LogP contribution in [0.5, 0.6) is 0 Å². The number of hydrogen-bond donors (Lipinski definition) is 0. The number of halogens is 1.